The first-order valence-electron chi connectivity index (χ1n) is 7.79. The summed E-state index contributed by atoms with van der Waals surface area (Å²) >= 11 is 11.9. The first-order valence-corrected chi connectivity index (χ1v) is 8.54. The number of hydrogen-bond acceptors (Lipinski definition) is 4. The zero-order chi connectivity index (χ0) is 18.4. The summed E-state index contributed by atoms with van der Waals surface area (Å²) in [6.07, 6.45) is 0. The molecule has 0 unspecified atom stereocenters. The van der Waals surface area contributed by atoms with E-state index in [4.69, 9.17) is 32.8 Å². The van der Waals surface area contributed by atoms with Crippen LogP contribution in [0.2, 0.25) is 10.0 Å². The summed E-state index contributed by atoms with van der Waals surface area (Å²) in [6.45, 7) is 5.23. The molecular formula is C19H19Cl2NO3. The van der Waals surface area contributed by atoms with E-state index in [0.717, 1.165) is 11.1 Å². The minimum absolute atomic E-state index is 0.274. The standard InChI is InChI=1S/C19H19Cl2NO3/c1-4-24-18(23)19(2,3)25-22-17(13-5-9-15(20)10-6-13)14-7-11-16(21)12-8-14/h5-12H,4H2,1-3H3. The number of halogens is 2. The Morgan fingerprint density at radius 1 is 0.960 bits per heavy atom. The monoisotopic (exact) mass is 379 g/mol. The molecule has 0 saturated carbocycles. The Labute approximate surface area is 157 Å². The van der Waals surface area contributed by atoms with Crippen LogP contribution >= 0.6 is 23.2 Å². The van der Waals surface area contributed by atoms with Crippen molar-refractivity contribution >= 4 is 34.9 Å². The summed E-state index contributed by atoms with van der Waals surface area (Å²) in [6, 6.07) is 14.4. The summed E-state index contributed by atoms with van der Waals surface area (Å²) in [7, 11) is 0. The fraction of sp³-hybridized carbons (Fsp3) is 0.263. The highest BCUT2D eigenvalue weighted by Crippen LogP contribution is 2.19. The third-order valence-electron chi connectivity index (χ3n) is 3.37. The molecular weight excluding hydrogens is 361 g/mol. The first-order chi connectivity index (χ1) is 11.8. The third-order valence-corrected chi connectivity index (χ3v) is 3.87. The van der Waals surface area contributed by atoms with Gasteiger partial charge >= 0.3 is 5.97 Å². The van der Waals surface area contributed by atoms with Crippen molar-refractivity contribution in [2.24, 2.45) is 5.16 Å². The molecule has 0 bridgehead atoms. The molecule has 0 N–H and O–H groups in total. The SMILES string of the molecule is CCOC(=O)C(C)(C)ON=C(c1ccc(Cl)cc1)c1ccc(Cl)cc1. The Kier molecular flexibility index (Phi) is 6.45. The number of benzene rings is 2. The Bertz CT molecular complexity index is 706. The lowest BCUT2D eigenvalue weighted by Gasteiger charge is -2.20. The highest BCUT2D eigenvalue weighted by molar-refractivity contribution is 6.31. The highest BCUT2D eigenvalue weighted by Gasteiger charge is 2.32. The van der Waals surface area contributed by atoms with Gasteiger partial charge in [-0.25, -0.2) is 4.79 Å². The number of esters is 1. The average Bonchev–Trinajstić information content (AvgIpc) is 2.58. The summed E-state index contributed by atoms with van der Waals surface area (Å²) in [5, 5.41) is 5.46. The molecule has 25 heavy (non-hydrogen) atoms. The van der Waals surface area contributed by atoms with Gasteiger partial charge in [0.1, 0.15) is 5.71 Å². The van der Waals surface area contributed by atoms with Crippen LogP contribution < -0.4 is 0 Å². The molecule has 0 radical (unpaired) electrons. The minimum Gasteiger partial charge on any atom is -0.463 e. The van der Waals surface area contributed by atoms with Gasteiger partial charge in [-0.2, -0.15) is 0 Å². The van der Waals surface area contributed by atoms with E-state index in [0.29, 0.717) is 15.8 Å². The molecule has 0 saturated heterocycles. The Hall–Kier alpha value is -2.04. The van der Waals surface area contributed by atoms with Gasteiger partial charge in [0.25, 0.3) is 0 Å². The van der Waals surface area contributed by atoms with Gasteiger partial charge in [-0.05, 0) is 45.0 Å². The first kappa shape index (κ1) is 19.3. The molecule has 0 aliphatic rings. The lowest BCUT2D eigenvalue weighted by molar-refractivity contribution is -0.167. The molecule has 0 fully saturated rings. The predicted octanol–water partition coefficient (Wildman–Crippen LogP) is 5.10. The van der Waals surface area contributed by atoms with E-state index < -0.39 is 11.6 Å². The fourth-order valence-electron chi connectivity index (χ4n) is 1.99. The van der Waals surface area contributed by atoms with E-state index >= 15 is 0 Å². The largest absolute Gasteiger partial charge is 0.463 e. The summed E-state index contributed by atoms with van der Waals surface area (Å²) in [5.74, 6) is -0.481. The van der Waals surface area contributed by atoms with Gasteiger partial charge in [0, 0.05) is 21.2 Å². The summed E-state index contributed by atoms with van der Waals surface area (Å²) < 4.78 is 5.01. The number of carbonyl (C=O) groups is 1. The maximum absolute atomic E-state index is 12.0. The quantitative estimate of drug-likeness (QED) is 0.398. The van der Waals surface area contributed by atoms with E-state index in [1.165, 1.54) is 0 Å². The number of rotatable bonds is 6. The second-order valence-corrected chi connectivity index (χ2v) is 6.65. The average molecular weight is 380 g/mol. The van der Waals surface area contributed by atoms with Crippen LogP contribution in [0.4, 0.5) is 0 Å². The van der Waals surface area contributed by atoms with E-state index in [9.17, 15) is 4.79 Å². The molecule has 0 aliphatic carbocycles. The van der Waals surface area contributed by atoms with Gasteiger partial charge in [0.2, 0.25) is 5.60 Å². The number of carbonyl (C=O) groups excluding carboxylic acids is 1. The molecule has 0 aliphatic heterocycles. The van der Waals surface area contributed by atoms with E-state index in [2.05, 4.69) is 5.16 Å². The molecule has 6 heteroatoms. The second kappa shape index (κ2) is 8.37. The lowest BCUT2D eigenvalue weighted by atomic mass is 10.0. The number of oxime groups is 1. The molecule has 2 aromatic carbocycles. The Morgan fingerprint density at radius 2 is 1.40 bits per heavy atom. The van der Waals surface area contributed by atoms with Crippen LogP contribution in [-0.4, -0.2) is 23.9 Å². The molecule has 0 amide bonds. The summed E-state index contributed by atoms with van der Waals surface area (Å²) in [5.41, 5.74) is 0.948. The van der Waals surface area contributed by atoms with Crippen LogP contribution in [0.5, 0.6) is 0 Å². The van der Waals surface area contributed by atoms with Crippen LogP contribution in [0.3, 0.4) is 0 Å². The molecule has 2 aromatic rings. The summed E-state index contributed by atoms with van der Waals surface area (Å²) in [4.78, 5) is 17.5. The smallest absolute Gasteiger partial charge is 0.352 e. The van der Waals surface area contributed by atoms with Gasteiger partial charge in [0.05, 0.1) is 6.61 Å². The van der Waals surface area contributed by atoms with Crippen molar-refractivity contribution < 1.29 is 14.4 Å². The van der Waals surface area contributed by atoms with Gasteiger partial charge in [0.15, 0.2) is 0 Å². The zero-order valence-electron chi connectivity index (χ0n) is 14.3. The maximum atomic E-state index is 12.0. The van der Waals surface area contributed by atoms with E-state index in [1.807, 2.05) is 24.3 Å². The highest BCUT2D eigenvalue weighted by atomic mass is 35.5. The minimum atomic E-state index is -1.21. The van der Waals surface area contributed by atoms with Gasteiger partial charge in [-0.3, -0.25) is 0 Å². The van der Waals surface area contributed by atoms with Crippen molar-refractivity contribution in [3.05, 3.63) is 69.7 Å². The van der Waals surface area contributed by atoms with E-state index in [1.54, 1.807) is 45.0 Å². The van der Waals surface area contributed by atoms with Crippen LogP contribution in [-0.2, 0) is 14.4 Å². The van der Waals surface area contributed by atoms with Crippen LogP contribution in [0.15, 0.2) is 53.7 Å². The fourth-order valence-corrected chi connectivity index (χ4v) is 2.24. The Balaban J connectivity index is 2.39. The molecule has 0 heterocycles. The van der Waals surface area contributed by atoms with Crippen molar-refractivity contribution in [3.63, 3.8) is 0 Å². The van der Waals surface area contributed by atoms with Crippen LogP contribution in [0.25, 0.3) is 0 Å². The van der Waals surface area contributed by atoms with Crippen molar-refractivity contribution in [3.8, 4) is 0 Å². The van der Waals surface area contributed by atoms with Gasteiger partial charge in [-0.1, -0.05) is 52.6 Å². The number of ether oxygens (including phenoxy) is 1. The normalized spacial score (nSPS) is 10.9. The predicted molar refractivity (Wildman–Crippen MR) is 100 cm³/mol. The van der Waals surface area contributed by atoms with E-state index in [-0.39, 0.29) is 6.61 Å². The third kappa shape index (κ3) is 5.21. The molecule has 0 atom stereocenters. The lowest BCUT2D eigenvalue weighted by Crippen LogP contribution is -2.35. The van der Waals surface area contributed by atoms with Crippen LogP contribution in [0, 0.1) is 0 Å². The van der Waals surface area contributed by atoms with Crippen molar-refractivity contribution in [1.29, 1.82) is 0 Å². The van der Waals surface area contributed by atoms with Crippen molar-refractivity contribution in [2.75, 3.05) is 6.61 Å². The molecule has 0 spiro atoms. The molecule has 132 valence electrons. The number of nitrogens with zero attached hydrogens (tertiary/aromatic N) is 1. The van der Waals surface area contributed by atoms with Gasteiger partial charge < -0.3 is 9.57 Å². The zero-order valence-corrected chi connectivity index (χ0v) is 15.8. The Morgan fingerprint density at radius 3 is 1.80 bits per heavy atom. The van der Waals surface area contributed by atoms with Crippen LogP contribution in [0.1, 0.15) is 31.9 Å². The molecule has 0 aromatic heterocycles. The van der Waals surface area contributed by atoms with Crippen molar-refractivity contribution in [2.45, 2.75) is 26.4 Å². The second-order valence-electron chi connectivity index (χ2n) is 5.78. The molecule has 2 rings (SSSR count). The van der Waals surface area contributed by atoms with Gasteiger partial charge in [-0.15, -0.1) is 0 Å². The maximum Gasteiger partial charge on any atom is 0.352 e. The number of hydrogen-bond donors (Lipinski definition) is 0. The topological polar surface area (TPSA) is 47.9 Å². The molecule has 4 nitrogen and oxygen atoms in total. The van der Waals surface area contributed by atoms with Crippen molar-refractivity contribution in [1.82, 2.24) is 0 Å².